The monoisotopic (exact) mass is 410 g/mol. The molecule has 0 aliphatic heterocycles. The minimum atomic E-state index is -0.147. The van der Waals surface area contributed by atoms with Crippen LogP contribution in [0.4, 0.5) is 0 Å². The lowest BCUT2D eigenvalue weighted by Gasteiger charge is -2.08. The summed E-state index contributed by atoms with van der Waals surface area (Å²) < 4.78 is 1.72. The Kier molecular flexibility index (Phi) is 7.68. The number of rotatable bonds is 8. The molecule has 0 aliphatic rings. The summed E-state index contributed by atoms with van der Waals surface area (Å²) in [5.41, 5.74) is 3.15. The molecule has 2 amide bonds. The van der Waals surface area contributed by atoms with E-state index in [0.717, 1.165) is 23.4 Å². The first-order valence-corrected chi connectivity index (χ1v) is 9.63. The van der Waals surface area contributed by atoms with Crippen molar-refractivity contribution >= 4 is 35.0 Å². The van der Waals surface area contributed by atoms with Crippen molar-refractivity contribution in [1.29, 1.82) is 0 Å². The maximum Gasteiger partial charge on any atom is 0.224 e. The van der Waals surface area contributed by atoms with Crippen molar-refractivity contribution in [2.24, 2.45) is 0 Å². The highest BCUT2D eigenvalue weighted by Gasteiger charge is 2.17. The molecule has 2 N–H and O–H groups in total. The van der Waals surface area contributed by atoms with Gasteiger partial charge in [0.15, 0.2) is 0 Å². The van der Waals surface area contributed by atoms with Gasteiger partial charge in [-0.15, -0.1) is 0 Å². The molecule has 0 saturated carbocycles. The summed E-state index contributed by atoms with van der Waals surface area (Å²) in [5.74, 6) is -0.207. The van der Waals surface area contributed by atoms with Crippen LogP contribution in [0.15, 0.2) is 18.2 Å². The maximum atomic E-state index is 12.2. The van der Waals surface area contributed by atoms with E-state index in [9.17, 15) is 9.59 Å². The van der Waals surface area contributed by atoms with Gasteiger partial charge in [-0.05, 0) is 38.5 Å². The third-order valence-corrected chi connectivity index (χ3v) is 4.70. The van der Waals surface area contributed by atoms with Gasteiger partial charge in [0.05, 0.1) is 22.8 Å². The van der Waals surface area contributed by atoms with Gasteiger partial charge in [0, 0.05) is 35.8 Å². The highest BCUT2D eigenvalue weighted by Crippen LogP contribution is 2.27. The van der Waals surface area contributed by atoms with Crippen LogP contribution >= 0.6 is 23.2 Å². The zero-order valence-corrected chi connectivity index (χ0v) is 17.2. The summed E-state index contributed by atoms with van der Waals surface area (Å²) in [6.07, 6.45) is 1.35. The average molecular weight is 411 g/mol. The second-order valence-corrected chi connectivity index (χ2v) is 7.13. The normalized spacial score (nSPS) is 10.7. The van der Waals surface area contributed by atoms with Crippen LogP contribution in [0.5, 0.6) is 0 Å². The van der Waals surface area contributed by atoms with Crippen molar-refractivity contribution in [3.05, 3.63) is 45.2 Å². The van der Waals surface area contributed by atoms with Gasteiger partial charge in [0.25, 0.3) is 0 Å². The molecule has 8 heteroatoms. The van der Waals surface area contributed by atoms with Gasteiger partial charge in [0.1, 0.15) is 0 Å². The van der Waals surface area contributed by atoms with E-state index >= 15 is 0 Å². The smallest absolute Gasteiger partial charge is 0.224 e. The fraction of sp³-hybridized carbons (Fsp3) is 0.421. The number of benzene rings is 1. The van der Waals surface area contributed by atoms with E-state index in [1.54, 1.807) is 22.9 Å². The topological polar surface area (TPSA) is 76.0 Å². The van der Waals surface area contributed by atoms with E-state index in [-0.39, 0.29) is 24.7 Å². The Morgan fingerprint density at radius 3 is 2.48 bits per heavy atom. The fourth-order valence-electron chi connectivity index (χ4n) is 2.71. The van der Waals surface area contributed by atoms with Gasteiger partial charge in [-0.25, -0.2) is 4.68 Å². The van der Waals surface area contributed by atoms with Gasteiger partial charge in [-0.2, -0.15) is 5.10 Å². The molecule has 0 spiro atoms. The van der Waals surface area contributed by atoms with E-state index in [1.165, 1.54) is 0 Å². The van der Waals surface area contributed by atoms with Gasteiger partial charge < -0.3 is 10.6 Å². The lowest BCUT2D eigenvalue weighted by atomic mass is 10.1. The Balaban J connectivity index is 2.02. The van der Waals surface area contributed by atoms with Crippen molar-refractivity contribution in [2.45, 2.75) is 40.0 Å². The highest BCUT2D eigenvalue weighted by atomic mass is 35.5. The molecule has 0 unspecified atom stereocenters. The molecule has 1 aromatic heterocycles. The average Bonchev–Trinajstić information content (AvgIpc) is 2.88. The van der Waals surface area contributed by atoms with Crippen molar-refractivity contribution in [1.82, 2.24) is 20.4 Å². The molecule has 1 aromatic carbocycles. The summed E-state index contributed by atoms with van der Waals surface area (Å²) in [6.45, 7) is 6.70. The maximum absolute atomic E-state index is 12.2. The summed E-state index contributed by atoms with van der Waals surface area (Å²) in [6, 6.07) is 5.20. The first-order valence-electron chi connectivity index (χ1n) is 8.87. The third kappa shape index (κ3) is 5.71. The molecule has 0 fully saturated rings. The molecule has 2 aromatic rings. The summed E-state index contributed by atoms with van der Waals surface area (Å²) >= 11 is 12.2. The van der Waals surface area contributed by atoms with Crippen LogP contribution in [-0.4, -0.2) is 34.7 Å². The zero-order valence-electron chi connectivity index (χ0n) is 15.7. The van der Waals surface area contributed by atoms with Crippen LogP contribution < -0.4 is 10.6 Å². The Labute approximate surface area is 169 Å². The number of halogens is 2. The molecular weight excluding hydrogens is 387 g/mol. The van der Waals surface area contributed by atoms with Gasteiger partial charge >= 0.3 is 0 Å². The predicted octanol–water partition coefficient (Wildman–Crippen LogP) is 3.37. The molecule has 146 valence electrons. The van der Waals surface area contributed by atoms with Gasteiger partial charge in [0.2, 0.25) is 11.8 Å². The van der Waals surface area contributed by atoms with E-state index < -0.39 is 0 Å². The Hall–Kier alpha value is -2.05. The number of hydrogen-bond acceptors (Lipinski definition) is 3. The molecule has 27 heavy (non-hydrogen) atoms. The molecule has 0 bridgehead atoms. The minimum Gasteiger partial charge on any atom is -0.356 e. The molecule has 0 radical (unpaired) electrons. The number of nitrogens with zero attached hydrogens (tertiary/aromatic N) is 2. The van der Waals surface area contributed by atoms with Crippen LogP contribution in [-0.2, 0) is 16.0 Å². The molecule has 1 heterocycles. The van der Waals surface area contributed by atoms with Crippen LogP contribution in [0.3, 0.4) is 0 Å². The largest absolute Gasteiger partial charge is 0.356 e. The van der Waals surface area contributed by atoms with E-state index in [4.69, 9.17) is 23.2 Å². The van der Waals surface area contributed by atoms with E-state index in [1.807, 2.05) is 20.8 Å². The van der Waals surface area contributed by atoms with E-state index in [2.05, 4.69) is 15.7 Å². The number of aryl methyl sites for hydroxylation is 1. The highest BCUT2D eigenvalue weighted by molar-refractivity contribution is 6.35. The molecule has 6 nitrogen and oxygen atoms in total. The second-order valence-electron chi connectivity index (χ2n) is 6.28. The standard InChI is InChI=1S/C19H24Cl2N4O2/c1-4-8-22-18(26)7-9-23-19(27)11-15-12(2)24-25(13(15)3)17-6-5-14(20)10-16(17)21/h5-6,10H,4,7-9,11H2,1-3H3,(H,22,26)(H,23,27). The number of amides is 2. The number of carbonyl (C=O) groups excluding carboxylic acids is 2. The lowest BCUT2D eigenvalue weighted by Crippen LogP contribution is -2.31. The van der Waals surface area contributed by atoms with Crippen LogP contribution in [0.1, 0.15) is 36.7 Å². The fourth-order valence-corrected chi connectivity index (χ4v) is 3.20. The predicted molar refractivity (Wildman–Crippen MR) is 108 cm³/mol. The Morgan fingerprint density at radius 2 is 1.81 bits per heavy atom. The van der Waals surface area contributed by atoms with Crippen molar-refractivity contribution < 1.29 is 9.59 Å². The van der Waals surface area contributed by atoms with E-state index in [0.29, 0.717) is 28.8 Å². The molecule has 2 rings (SSSR count). The number of hydrogen-bond donors (Lipinski definition) is 2. The van der Waals surface area contributed by atoms with Gasteiger partial charge in [-0.3, -0.25) is 9.59 Å². The van der Waals surface area contributed by atoms with Crippen LogP contribution in [0.25, 0.3) is 5.69 Å². The first kappa shape index (κ1) is 21.3. The van der Waals surface area contributed by atoms with Gasteiger partial charge in [-0.1, -0.05) is 30.1 Å². The third-order valence-electron chi connectivity index (χ3n) is 4.16. The quantitative estimate of drug-likeness (QED) is 0.700. The van der Waals surface area contributed by atoms with Crippen LogP contribution in [0.2, 0.25) is 10.0 Å². The Bertz CT molecular complexity index is 833. The molecule has 0 aliphatic carbocycles. The van der Waals surface area contributed by atoms with Crippen molar-refractivity contribution in [3.8, 4) is 5.69 Å². The summed E-state index contributed by atoms with van der Waals surface area (Å²) in [5, 5.41) is 11.1. The van der Waals surface area contributed by atoms with Crippen molar-refractivity contribution in [2.75, 3.05) is 13.1 Å². The second kappa shape index (κ2) is 9.76. The first-order chi connectivity index (χ1) is 12.8. The minimum absolute atomic E-state index is 0.0605. The molecular formula is C19H24Cl2N4O2. The zero-order chi connectivity index (χ0) is 20.0. The number of nitrogens with one attached hydrogen (secondary N) is 2. The molecule has 0 saturated heterocycles. The van der Waals surface area contributed by atoms with Crippen molar-refractivity contribution in [3.63, 3.8) is 0 Å². The summed E-state index contributed by atoms with van der Waals surface area (Å²) in [7, 11) is 0. The number of carbonyl (C=O) groups is 2. The lowest BCUT2D eigenvalue weighted by molar-refractivity contribution is -0.122. The van der Waals surface area contributed by atoms with Crippen LogP contribution in [0, 0.1) is 13.8 Å². The number of aromatic nitrogens is 2. The Morgan fingerprint density at radius 1 is 1.11 bits per heavy atom. The SMILES string of the molecule is CCCNC(=O)CCNC(=O)Cc1c(C)nn(-c2ccc(Cl)cc2Cl)c1C. The summed E-state index contributed by atoms with van der Waals surface area (Å²) in [4.78, 5) is 23.8. The molecule has 0 atom stereocenters.